The van der Waals surface area contributed by atoms with Crippen molar-refractivity contribution in [3.8, 4) is 0 Å². The predicted octanol–water partition coefficient (Wildman–Crippen LogP) is 0.780. The Morgan fingerprint density at radius 1 is 1.70 bits per heavy atom. The van der Waals surface area contributed by atoms with Crippen LogP contribution in [-0.4, -0.2) is 20.8 Å². The van der Waals surface area contributed by atoms with Gasteiger partial charge in [0.15, 0.2) is 10.4 Å². The van der Waals surface area contributed by atoms with Crippen LogP contribution in [0.15, 0.2) is 4.60 Å². The van der Waals surface area contributed by atoms with Crippen molar-refractivity contribution in [1.82, 2.24) is 15.0 Å². The zero-order chi connectivity index (χ0) is 7.72. The van der Waals surface area contributed by atoms with Gasteiger partial charge in [-0.1, -0.05) is 5.21 Å². The van der Waals surface area contributed by atoms with Gasteiger partial charge in [0.25, 0.3) is 0 Å². The zero-order valence-corrected chi connectivity index (χ0v) is 7.21. The van der Waals surface area contributed by atoms with Gasteiger partial charge in [-0.2, -0.15) is 0 Å². The Labute approximate surface area is 66.4 Å². The van der Waals surface area contributed by atoms with Crippen LogP contribution in [0, 0.1) is 0 Å². The quantitative estimate of drug-likeness (QED) is 0.635. The van der Waals surface area contributed by atoms with Gasteiger partial charge in [0.2, 0.25) is 0 Å². The molecule has 10 heavy (non-hydrogen) atoms. The van der Waals surface area contributed by atoms with E-state index in [2.05, 4.69) is 26.2 Å². The van der Waals surface area contributed by atoms with E-state index in [0.717, 1.165) is 0 Å². The van der Waals surface area contributed by atoms with Crippen molar-refractivity contribution in [3.05, 3.63) is 10.3 Å². The molecule has 0 aliphatic rings. The Bertz CT molecular complexity index is 248. The van der Waals surface area contributed by atoms with Gasteiger partial charge in [0.05, 0.1) is 0 Å². The maximum atomic E-state index is 10.8. The molecule has 0 aromatic carbocycles. The maximum Gasteiger partial charge on any atom is 0.180 e. The first kappa shape index (κ1) is 7.40. The third-order valence-electron chi connectivity index (χ3n) is 1.12. The molecule has 0 amide bonds. The number of rotatable bonds is 1. The summed E-state index contributed by atoms with van der Waals surface area (Å²) in [6.45, 7) is 1.48. The van der Waals surface area contributed by atoms with Crippen LogP contribution < -0.4 is 0 Å². The third-order valence-corrected chi connectivity index (χ3v) is 1.65. The Morgan fingerprint density at radius 3 is 2.50 bits per heavy atom. The molecule has 1 aromatic rings. The molecule has 1 rings (SSSR count). The van der Waals surface area contributed by atoms with Crippen LogP contribution in [0.25, 0.3) is 0 Å². The first-order chi connectivity index (χ1) is 4.63. The number of nitrogens with zero attached hydrogens (tertiary/aromatic N) is 3. The highest BCUT2D eigenvalue weighted by molar-refractivity contribution is 9.10. The molecule has 0 aliphatic carbocycles. The number of Topliss-reactive ketones (excluding diaryl/α,β-unsaturated/α-hetero) is 1. The lowest BCUT2D eigenvalue weighted by Crippen LogP contribution is -2.03. The molecule has 1 aromatic heterocycles. The number of carbonyl (C=O) groups excluding carboxylic acids is 1. The number of aromatic nitrogens is 3. The van der Waals surface area contributed by atoms with E-state index in [4.69, 9.17) is 0 Å². The highest BCUT2D eigenvalue weighted by Gasteiger charge is 2.11. The molecule has 0 bridgehead atoms. The first-order valence-electron chi connectivity index (χ1n) is 2.69. The Hall–Kier alpha value is -0.710. The fourth-order valence-corrected chi connectivity index (χ4v) is 1.31. The number of hydrogen-bond acceptors (Lipinski definition) is 3. The van der Waals surface area contributed by atoms with E-state index in [1.54, 1.807) is 7.05 Å². The summed E-state index contributed by atoms with van der Waals surface area (Å²) in [5, 5.41) is 7.28. The van der Waals surface area contributed by atoms with Crippen molar-refractivity contribution in [2.75, 3.05) is 0 Å². The minimum atomic E-state index is -0.0422. The monoisotopic (exact) mass is 203 g/mol. The summed E-state index contributed by atoms with van der Waals surface area (Å²) in [7, 11) is 1.68. The smallest absolute Gasteiger partial charge is 0.180 e. The SMILES string of the molecule is CC(=O)c1c(Br)nnn1C. The van der Waals surface area contributed by atoms with E-state index in [9.17, 15) is 4.79 Å². The lowest BCUT2D eigenvalue weighted by molar-refractivity contribution is 0.100. The van der Waals surface area contributed by atoms with Crippen molar-refractivity contribution in [2.45, 2.75) is 6.92 Å². The summed E-state index contributed by atoms with van der Waals surface area (Å²) in [4.78, 5) is 10.8. The van der Waals surface area contributed by atoms with Crippen molar-refractivity contribution in [1.29, 1.82) is 0 Å². The van der Waals surface area contributed by atoms with Gasteiger partial charge in [-0.3, -0.25) is 4.79 Å². The molecule has 0 saturated heterocycles. The second-order valence-corrected chi connectivity index (χ2v) is 2.66. The molecule has 1 heterocycles. The Kier molecular flexibility index (Phi) is 1.85. The standard InChI is InChI=1S/C5H6BrN3O/c1-3(10)4-5(6)7-8-9(4)2/h1-2H3. The van der Waals surface area contributed by atoms with E-state index in [1.807, 2.05) is 0 Å². The molecular formula is C5H6BrN3O. The normalized spacial score (nSPS) is 9.90. The fraction of sp³-hybridized carbons (Fsp3) is 0.400. The predicted molar refractivity (Wildman–Crippen MR) is 38.7 cm³/mol. The molecule has 0 saturated carbocycles. The average molecular weight is 204 g/mol. The van der Waals surface area contributed by atoms with Crippen LogP contribution in [0.1, 0.15) is 17.4 Å². The van der Waals surface area contributed by atoms with Crippen molar-refractivity contribution < 1.29 is 4.79 Å². The van der Waals surface area contributed by atoms with E-state index in [1.165, 1.54) is 11.6 Å². The highest BCUT2D eigenvalue weighted by Crippen LogP contribution is 2.11. The molecule has 4 nitrogen and oxygen atoms in total. The minimum Gasteiger partial charge on any atom is -0.293 e. The molecular weight excluding hydrogens is 198 g/mol. The number of ketones is 1. The van der Waals surface area contributed by atoms with Gasteiger partial charge in [-0.15, -0.1) is 5.10 Å². The summed E-state index contributed by atoms with van der Waals surface area (Å²) in [6.07, 6.45) is 0. The summed E-state index contributed by atoms with van der Waals surface area (Å²) in [6, 6.07) is 0. The molecule has 54 valence electrons. The third kappa shape index (κ3) is 1.09. The minimum absolute atomic E-state index is 0.0422. The lowest BCUT2D eigenvalue weighted by atomic mass is 10.3. The zero-order valence-electron chi connectivity index (χ0n) is 5.63. The second-order valence-electron chi connectivity index (χ2n) is 1.91. The van der Waals surface area contributed by atoms with Crippen molar-refractivity contribution >= 4 is 21.7 Å². The van der Waals surface area contributed by atoms with Crippen LogP contribution in [0.4, 0.5) is 0 Å². The number of aryl methyl sites for hydroxylation is 1. The number of carbonyl (C=O) groups is 1. The molecule has 0 fully saturated rings. The molecule has 5 heteroatoms. The highest BCUT2D eigenvalue weighted by atomic mass is 79.9. The van der Waals surface area contributed by atoms with Crippen LogP contribution in [0.2, 0.25) is 0 Å². The van der Waals surface area contributed by atoms with Crippen molar-refractivity contribution in [3.63, 3.8) is 0 Å². The molecule has 0 N–H and O–H groups in total. The largest absolute Gasteiger partial charge is 0.293 e. The van der Waals surface area contributed by atoms with E-state index in [-0.39, 0.29) is 5.78 Å². The average Bonchev–Trinajstić information content (AvgIpc) is 2.11. The first-order valence-corrected chi connectivity index (χ1v) is 3.48. The molecule has 0 spiro atoms. The van der Waals surface area contributed by atoms with Gasteiger partial charge in [-0.05, 0) is 15.9 Å². The van der Waals surface area contributed by atoms with Crippen LogP contribution in [0.5, 0.6) is 0 Å². The number of hydrogen-bond donors (Lipinski definition) is 0. The van der Waals surface area contributed by atoms with Gasteiger partial charge in [-0.25, -0.2) is 4.68 Å². The molecule has 0 atom stereocenters. The van der Waals surface area contributed by atoms with Crippen LogP contribution in [-0.2, 0) is 7.05 Å². The van der Waals surface area contributed by atoms with Gasteiger partial charge in [0, 0.05) is 14.0 Å². The summed E-state index contributed by atoms with van der Waals surface area (Å²) in [5.74, 6) is -0.0422. The number of halogens is 1. The van der Waals surface area contributed by atoms with Crippen LogP contribution >= 0.6 is 15.9 Å². The van der Waals surface area contributed by atoms with E-state index >= 15 is 0 Å². The Morgan fingerprint density at radius 2 is 2.30 bits per heavy atom. The van der Waals surface area contributed by atoms with Gasteiger partial charge < -0.3 is 0 Å². The van der Waals surface area contributed by atoms with Gasteiger partial charge in [0.1, 0.15) is 5.69 Å². The summed E-state index contributed by atoms with van der Waals surface area (Å²) < 4.78 is 1.94. The molecule has 0 radical (unpaired) electrons. The topological polar surface area (TPSA) is 47.8 Å². The second kappa shape index (κ2) is 2.49. The summed E-state index contributed by atoms with van der Waals surface area (Å²) >= 11 is 3.10. The Balaban J connectivity index is 3.23. The molecule has 0 aliphatic heterocycles. The maximum absolute atomic E-state index is 10.8. The van der Waals surface area contributed by atoms with E-state index in [0.29, 0.717) is 10.3 Å². The lowest BCUT2D eigenvalue weighted by Gasteiger charge is -1.92. The molecule has 0 unspecified atom stereocenters. The van der Waals surface area contributed by atoms with Crippen molar-refractivity contribution in [2.24, 2.45) is 7.05 Å². The van der Waals surface area contributed by atoms with Crippen LogP contribution in [0.3, 0.4) is 0 Å². The van der Waals surface area contributed by atoms with Gasteiger partial charge >= 0.3 is 0 Å². The van der Waals surface area contributed by atoms with E-state index < -0.39 is 0 Å². The fourth-order valence-electron chi connectivity index (χ4n) is 0.705. The summed E-state index contributed by atoms with van der Waals surface area (Å²) in [5.41, 5.74) is 0.500.